The first-order valence-corrected chi connectivity index (χ1v) is 6.57. The lowest BCUT2D eigenvalue weighted by atomic mass is 10.1. The Morgan fingerprint density at radius 3 is 2.75 bits per heavy atom. The number of carbonyl (C=O) groups is 1. The van der Waals surface area contributed by atoms with Crippen molar-refractivity contribution in [2.24, 2.45) is 0 Å². The van der Waals surface area contributed by atoms with Gasteiger partial charge in [-0.25, -0.2) is 0 Å². The van der Waals surface area contributed by atoms with Gasteiger partial charge in [-0.1, -0.05) is 0 Å². The summed E-state index contributed by atoms with van der Waals surface area (Å²) in [7, 11) is 2.13. The van der Waals surface area contributed by atoms with Gasteiger partial charge in [-0.2, -0.15) is 0 Å². The second-order valence-corrected chi connectivity index (χ2v) is 5.61. The molecule has 0 spiro atoms. The van der Waals surface area contributed by atoms with Gasteiger partial charge in [0.2, 0.25) is 0 Å². The Kier molecular flexibility index (Phi) is 3.61. The van der Waals surface area contributed by atoms with E-state index in [4.69, 9.17) is 0 Å². The van der Waals surface area contributed by atoms with Crippen LogP contribution in [0.15, 0.2) is 11.4 Å². The van der Waals surface area contributed by atoms with Gasteiger partial charge in [0.1, 0.15) is 0 Å². The number of hydrogen-bond acceptors (Lipinski definition) is 3. The molecule has 0 saturated carbocycles. The molecule has 0 radical (unpaired) electrons. The van der Waals surface area contributed by atoms with Crippen LogP contribution < -0.4 is 5.32 Å². The highest BCUT2D eigenvalue weighted by Crippen LogP contribution is 2.14. The number of nitrogens with one attached hydrogen (secondary N) is 1. The fourth-order valence-electron chi connectivity index (χ4n) is 1.98. The summed E-state index contributed by atoms with van der Waals surface area (Å²) in [4.78, 5) is 15.4. The topological polar surface area (TPSA) is 32.3 Å². The maximum atomic E-state index is 11.9. The average Bonchev–Trinajstić information content (AvgIpc) is 2.68. The first kappa shape index (κ1) is 11.6. The summed E-state index contributed by atoms with van der Waals surface area (Å²) in [5.74, 6) is 0.0823. The molecule has 88 valence electrons. The lowest BCUT2D eigenvalue weighted by molar-refractivity contribution is 0.0917. The Balaban J connectivity index is 1.88. The van der Waals surface area contributed by atoms with Crippen LogP contribution in [-0.4, -0.2) is 37.0 Å². The molecule has 2 heterocycles. The first-order valence-electron chi connectivity index (χ1n) is 5.69. The van der Waals surface area contributed by atoms with Crippen molar-refractivity contribution in [1.82, 2.24) is 10.2 Å². The summed E-state index contributed by atoms with van der Waals surface area (Å²) >= 11 is 1.63. The van der Waals surface area contributed by atoms with Gasteiger partial charge in [-0.15, -0.1) is 11.3 Å². The largest absolute Gasteiger partial charge is 0.349 e. The van der Waals surface area contributed by atoms with E-state index < -0.39 is 0 Å². The Labute approximate surface area is 100 Å². The van der Waals surface area contributed by atoms with Crippen molar-refractivity contribution in [3.05, 3.63) is 21.9 Å². The molecule has 16 heavy (non-hydrogen) atoms. The summed E-state index contributed by atoms with van der Waals surface area (Å²) in [6.07, 6.45) is 2.12. The molecular formula is C12H18N2OS. The molecular weight excluding hydrogens is 220 g/mol. The number of thiophene rings is 1. The maximum absolute atomic E-state index is 11.9. The Morgan fingerprint density at radius 2 is 2.19 bits per heavy atom. The smallest absolute Gasteiger partial charge is 0.252 e. The van der Waals surface area contributed by atoms with Crippen molar-refractivity contribution in [1.29, 1.82) is 0 Å². The van der Waals surface area contributed by atoms with Crippen molar-refractivity contribution in [2.75, 3.05) is 20.1 Å². The fraction of sp³-hybridized carbons (Fsp3) is 0.583. The highest BCUT2D eigenvalue weighted by atomic mass is 32.1. The molecule has 1 aromatic heterocycles. The van der Waals surface area contributed by atoms with Gasteiger partial charge in [0.25, 0.3) is 5.91 Å². The van der Waals surface area contributed by atoms with E-state index >= 15 is 0 Å². The third kappa shape index (κ3) is 2.83. The maximum Gasteiger partial charge on any atom is 0.252 e. The minimum Gasteiger partial charge on any atom is -0.349 e. The molecule has 1 aliphatic heterocycles. The highest BCUT2D eigenvalue weighted by molar-refractivity contribution is 7.10. The molecule has 1 N–H and O–H groups in total. The number of likely N-dealkylation sites (tertiary alicyclic amines) is 1. The number of rotatable bonds is 2. The Morgan fingerprint density at radius 1 is 1.50 bits per heavy atom. The molecule has 4 heteroatoms. The zero-order chi connectivity index (χ0) is 11.5. The van der Waals surface area contributed by atoms with Gasteiger partial charge in [0, 0.05) is 16.3 Å². The molecule has 0 aliphatic carbocycles. The molecule has 2 rings (SSSR count). The molecule has 1 fully saturated rings. The van der Waals surface area contributed by atoms with Crippen LogP contribution in [0.2, 0.25) is 0 Å². The second kappa shape index (κ2) is 4.97. The zero-order valence-corrected chi connectivity index (χ0v) is 10.6. The van der Waals surface area contributed by atoms with E-state index in [1.807, 2.05) is 18.4 Å². The fourth-order valence-corrected chi connectivity index (χ4v) is 2.67. The summed E-state index contributed by atoms with van der Waals surface area (Å²) in [6.45, 7) is 4.18. The van der Waals surface area contributed by atoms with Crippen LogP contribution in [0.3, 0.4) is 0 Å². The number of carbonyl (C=O) groups excluding carboxylic acids is 1. The number of aryl methyl sites for hydroxylation is 1. The minimum atomic E-state index is 0.0823. The van der Waals surface area contributed by atoms with Crippen LogP contribution in [0.1, 0.15) is 28.1 Å². The van der Waals surface area contributed by atoms with Crippen molar-refractivity contribution in [3.63, 3.8) is 0 Å². The van der Waals surface area contributed by atoms with Gasteiger partial charge in [0.05, 0.1) is 5.56 Å². The zero-order valence-electron chi connectivity index (χ0n) is 9.82. The van der Waals surface area contributed by atoms with Gasteiger partial charge in [0.15, 0.2) is 0 Å². The normalized spacial score (nSPS) is 18.6. The molecule has 3 nitrogen and oxygen atoms in total. The van der Waals surface area contributed by atoms with Crippen LogP contribution in [-0.2, 0) is 0 Å². The second-order valence-electron chi connectivity index (χ2n) is 4.50. The molecule has 0 bridgehead atoms. The highest BCUT2D eigenvalue weighted by Gasteiger charge is 2.19. The molecule has 1 amide bonds. The monoisotopic (exact) mass is 238 g/mol. The third-order valence-corrected chi connectivity index (χ3v) is 3.91. The van der Waals surface area contributed by atoms with Crippen molar-refractivity contribution in [2.45, 2.75) is 25.8 Å². The number of hydrogen-bond donors (Lipinski definition) is 1. The van der Waals surface area contributed by atoms with Crippen LogP contribution in [0, 0.1) is 6.92 Å². The Bertz CT molecular complexity index is 367. The third-order valence-electron chi connectivity index (χ3n) is 3.05. The van der Waals surface area contributed by atoms with Crippen LogP contribution in [0.4, 0.5) is 0 Å². The standard InChI is InChI=1S/C12H18N2OS/c1-9-7-10(8-16-9)12(15)13-11-3-5-14(2)6-4-11/h7-8,11H,3-6H2,1-2H3,(H,13,15). The molecule has 0 unspecified atom stereocenters. The van der Waals surface area contributed by atoms with Gasteiger partial charge in [-0.3, -0.25) is 4.79 Å². The number of amides is 1. The van der Waals surface area contributed by atoms with E-state index in [2.05, 4.69) is 17.3 Å². The average molecular weight is 238 g/mol. The van der Waals surface area contributed by atoms with Gasteiger partial charge in [-0.05, 0) is 46.0 Å². The number of piperidine rings is 1. The molecule has 1 saturated heterocycles. The van der Waals surface area contributed by atoms with Crippen LogP contribution in [0.5, 0.6) is 0 Å². The van der Waals surface area contributed by atoms with Gasteiger partial charge < -0.3 is 10.2 Å². The number of nitrogens with zero attached hydrogens (tertiary/aromatic N) is 1. The first-order chi connectivity index (χ1) is 7.65. The minimum absolute atomic E-state index is 0.0823. The SMILES string of the molecule is Cc1cc(C(=O)NC2CCN(C)CC2)cs1. The predicted molar refractivity (Wildman–Crippen MR) is 67.0 cm³/mol. The summed E-state index contributed by atoms with van der Waals surface area (Å²) in [5, 5.41) is 5.04. The van der Waals surface area contributed by atoms with Crippen molar-refractivity contribution >= 4 is 17.2 Å². The summed E-state index contributed by atoms with van der Waals surface area (Å²) in [6, 6.07) is 2.30. The van der Waals surface area contributed by atoms with E-state index in [-0.39, 0.29) is 5.91 Å². The summed E-state index contributed by atoms with van der Waals surface area (Å²) < 4.78 is 0. The molecule has 1 aliphatic rings. The van der Waals surface area contributed by atoms with Crippen LogP contribution >= 0.6 is 11.3 Å². The molecule has 1 aromatic rings. The summed E-state index contributed by atoms with van der Waals surface area (Å²) in [5.41, 5.74) is 0.807. The van der Waals surface area contributed by atoms with E-state index in [0.717, 1.165) is 31.5 Å². The van der Waals surface area contributed by atoms with E-state index in [1.165, 1.54) is 4.88 Å². The molecule has 0 atom stereocenters. The van der Waals surface area contributed by atoms with Gasteiger partial charge >= 0.3 is 0 Å². The van der Waals surface area contributed by atoms with Crippen molar-refractivity contribution in [3.8, 4) is 0 Å². The van der Waals surface area contributed by atoms with E-state index in [0.29, 0.717) is 6.04 Å². The van der Waals surface area contributed by atoms with E-state index in [1.54, 1.807) is 11.3 Å². The lowest BCUT2D eigenvalue weighted by Crippen LogP contribution is -2.43. The lowest BCUT2D eigenvalue weighted by Gasteiger charge is -2.29. The Hall–Kier alpha value is -0.870. The quantitative estimate of drug-likeness (QED) is 0.853. The predicted octanol–water partition coefficient (Wildman–Crippen LogP) is 1.88. The molecule has 0 aromatic carbocycles. The van der Waals surface area contributed by atoms with E-state index in [9.17, 15) is 4.79 Å². The van der Waals surface area contributed by atoms with Crippen LogP contribution in [0.25, 0.3) is 0 Å². The van der Waals surface area contributed by atoms with Crippen molar-refractivity contribution < 1.29 is 4.79 Å².